The highest BCUT2D eigenvalue weighted by Crippen LogP contribution is 2.09. The minimum atomic E-state index is -0.284. The van der Waals surface area contributed by atoms with Crippen molar-refractivity contribution in [2.24, 2.45) is 0 Å². The third-order valence-electron chi connectivity index (χ3n) is 2.10. The van der Waals surface area contributed by atoms with Crippen molar-refractivity contribution in [3.8, 4) is 18.4 Å². The molecule has 4 heteroatoms. The molecule has 0 aliphatic carbocycles. The van der Waals surface area contributed by atoms with Gasteiger partial charge in [0.15, 0.2) is 0 Å². The molecule has 1 N–H and O–H groups in total. The molecule has 1 aromatic rings. The predicted octanol–water partition coefficient (Wildman–Crippen LogP) is 2.15. The topological polar surface area (TPSA) is 35.8 Å². The lowest BCUT2D eigenvalue weighted by Gasteiger charge is -2.05. The summed E-state index contributed by atoms with van der Waals surface area (Å²) in [5.74, 6) is 3.84. The van der Waals surface area contributed by atoms with Crippen LogP contribution in [-0.4, -0.2) is 18.1 Å². The van der Waals surface area contributed by atoms with Crippen LogP contribution in [0.15, 0.2) is 18.2 Å². The van der Waals surface area contributed by atoms with E-state index in [2.05, 4.69) is 11.2 Å². The van der Waals surface area contributed by atoms with Crippen LogP contribution < -0.4 is 5.32 Å². The molecule has 0 atom stereocenters. The van der Waals surface area contributed by atoms with Gasteiger partial charge in [-0.15, -0.1) is 18.2 Å². The minimum absolute atomic E-state index is 0.284. The van der Waals surface area contributed by atoms with E-state index in [-0.39, 0.29) is 5.82 Å². The fourth-order valence-corrected chi connectivity index (χ4v) is 1.83. The monoisotopic (exact) mass is 248 g/mol. The zero-order valence-corrected chi connectivity index (χ0v) is 10.2. The summed E-state index contributed by atoms with van der Waals surface area (Å²) >= 11 is 1.66. The van der Waals surface area contributed by atoms with E-state index in [0.717, 1.165) is 12.3 Å². The largest absolute Gasteiger partial charge is 0.312 e. The van der Waals surface area contributed by atoms with Gasteiger partial charge in [-0.25, -0.2) is 4.39 Å². The second kappa shape index (κ2) is 7.73. The zero-order valence-electron chi connectivity index (χ0n) is 9.37. The quantitative estimate of drug-likeness (QED) is 0.619. The molecule has 0 bridgehead atoms. The van der Waals surface area contributed by atoms with Crippen molar-refractivity contribution in [3.63, 3.8) is 0 Å². The molecule has 0 amide bonds. The number of halogens is 1. The number of nitrogens with zero attached hydrogens (tertiary/aromatic N) is 1. The van der Waals surface area contributed by atoms with Crippen molar-refractivity contribution >= 4 is 11.8 Å². The lowest BCUT2D eigenvalue weighted by molar-refractivity contribution is 0.594. The summed E-state index contributed by atoms with van der Waals surface area (Å²) in [6, 6.07) is 6.35. The summed E-state index contributed by atoms with van der Waals surface area (Å²) in [4.78, 5) is 0. The first kappa shape index (κ1) is 13.6. The van der Waals surface area contributed by atoms with Gasteiger partial charge in [-0.3, -0.25) is 0 Å². The summed E-state index contributed by atoms with van der Waals surface area (Å²) in [6.45, 7) is 1.19. The van der Waals surface area contributed by atoms with Gasteiger partial charge >= 0.3 is 0 Å². The van der Waals surface area contributed by atoms with E-state index in [1.807, 2.05) is 6.07 Å². The minimum Gasteiger partial charge on any atom is -0.312 e. The molecule has 0 spiro atoms. The Morgan fingerprint density at radius 2 is 2.29 bits per heavy atom. The van der Waals surface area contributed by atoms with Crippen molar-refractivity contribution in [3.05, 3.63) is 35.1 Å². The Labute approximate surface area is 105 Å². The first-order valence-corrected chi connectivity index (χ1v) is 6.34. The Balaban J connectivity index is 2.37. The molecule has 0 heterocycles. The van der Waals surface area contributed by atoms with Crippen molar-refractivity contribution in [1.82, 2.24) is 5.32 Å². The van der Waals surface area contributed by atoms with Gasteiger partial charge in [0, 0.05) is 24.4 Å². The van der Waals surface area contributed by atoms with Crippen molar-refractivity contribution < 1.29 is 4.39 Å². The second-order valence-corrected chi connectivity index (χ2v) is 4.46. The molecule has 1 rings (SSSR count). The van der Waals surface area contributed by atoms with Gasteiger partial charge in [0.25, 0.3) is 0 Å². The van der Waals surface area contributed by atoms with Crippen LogP contribution in [0.5, 0.6) is 0 Å². The van der Waals surface area contributed by atoms with Crippen LogP contribution in [0, 0.1) is 29.5 Å². The van der Waals surface area contributed by atoms with Gasteiger partial charge in [-0.2, -0.15) is 5.26 Å². The van der Waals surface area contributed by atoms with Gasteiger partial charge in [-0.05, 0) is 18.2 Å². The number of terminal acetylenes is 1. The van der Waals surface area contributed by atoms with E-state index in [9.17, 15) is 4.39 Å². The summed E-state index contributed by atoms with van der Waals surface area (Å²) in [5, 5.41) is 11.8. The van der Waals surface area contributed by atoms with Crippen molar-refractivity contribution in [2.45, 2.75) is 6.54 Å². The van der Waals surface area contributed by atoms with E-state index < -0.39 is 0 Å². The molecule has 17 heavy (non-hydrogen) atoms. The zero-order chi connectivity index (χ0) is 12.5. The summed E-state index contributed by atoms with van der Waals surface area (Å²) in [6.07, 6.45) is 5.11. The second-order valence-electron chi connectivity index (χ2n) is 3.35. The normalized spacial score (nSPS) is 9.59. The van der Waals surface area contributed by atoms with E-state index in [4.69, 9.17) is 11.7 Å². The lowest BCUT2D eigenvalue weighted by atomic mass is 10.1. The number of hydrogen-bond donors (Lipinski definition) is 1. The molecule has 0 saturated heterocycles. The highest BCUT2D eigenvalue weighted by atomic mass is 32.2. The van der Waals surface area contributed by atoms with Crippen LogP contribution in [0.25, 0.3) is 0 Å². The van der Waals surface area contributed by atoms with Gasteiger partial charge in [0.2, 0.25) is 0 Å². The molecule has 0 aromatic heterocycles. The van der Waals surface area contributed by atoms with E-state index in [1.165, 1.54) is 12.1 Å². The van der Waals surface area contributed by atoms with Crippen molar-refractivity contribution in [1.29, 1.82) is 5.26 Å². The average molecular weight is 248 g/mol. The molecular weight excluding hydrogens is 235 g/mol. The summed E-state index contributed by atoms with van der Waals surface area (Å²) < 4.78 is 13.4. The van der Waals surface area contributed by atoms with Crippen LogP contribution in [0.1, 0.15) is 11.1 Å². The highest BCUT2D eigenvalue weighted by Gasteiger charge is 2.02. The molecule has 0 radical (unpaired) electrons. The van der Waals surface area contributed by atoms with E-state index in [1.54, 1.807) is 17.8 Å². The predicted molar refractivity (Wildman–Crippen MR) is 69.0 cm³/mol. The number of thioether (sulfide) groups is 1. The first-order valence-electron chi connectivity index (χ1n) is 5.18. The summed E-state index contributed by atoms with van der Waals surface area (Å²) in [7, 11) is 0. The van der Waals surface area contributed by atoms with Crippen LogP contribution >= 0.6 is 11.8 Å². The molecule has 1 aromatic carbocycles. The Morgan fingerprint density at radius 3 is 3.00 bits per heavy atom. The number of hydrogen-bond acceptors (Lipinski definition) is 3. The Hall–Kier alpha value is -1.49. The fraction of sp³-hybridized carbons (Fsp3) is 0.308. The molecule has 88 valence electrons. The van der Waals surface area contributed by atoms with Crippen LogP contribution in [0.4, 0.5) is 4.39 Å². The Morgan fingerprint density at radius 1 is 1.47 bits per heavy atom. The molecular formula is C13H13FN2S. The Bertz CT molecular complexity index is 446. The van der Waals surface area contributed by atoms with Crippen molar-refractivity contribution in [2.75, 3.05) is 18.1 Å². The number of nitrogens with one attached hydrogen (secondary N) is 1. The van der Waals surface area contributed by atoms with Crippen LogP contribution in [0.3, 0.4) is 0 Å². The third kappa shape index (κ3) is 4.91. The maximum Gasteiger partial charge on any atom is 0.127 e. The lowest BCUT2D eigenvalue weighted by Crippen LogP contribution is -2.17. The smallest absolute Gasteiger partial charge is 0.127 e. The van der Waals surface area contributed by atoms with Crippen LogP contribution in [0.2, 0.25) is 0 Å². The molecule has 0 saturated carbocycles. The van der Waals surface area contributed by atoms with Crippen LogP contribution in [-0.2, 0) is 6.54 Å². The highest BCUT2D eigenvalue weighted by molar-refractivity contribution is 7.99. The molecule has 0 aliphatic rings. The molecule has 0 unspecified atom stereocenters. The average Bonchev–Trinajstić information content (AvgIpc) is 2.35. The van der Waals surface area contributed by atoms with Gasteiger partial charge in [0.05, 0.1) is 17.4 Å². The van der Waals surface area contributed by atoms with Gasteiger partial charge in [0.1, 0.15) is 5.82 Å². The van der Waals surface area contributed by atoms with E-state index >= 15 is 0 Å². The third-order valence-corrected chi connectivity index (χ3v) is 2.96. The molecule has 0 fully saturated rings. The molecule has 0 aliphatic heterocycles. The number of nitriles is 1. The van der Waals surface area contributed by atoms with E-state index in [0.29, 0.717) is 23.4 Å². The number of benzene rings is 1. The molecule has 2 nitrogen and oxygen atoms in total. The Kier molecular flexibility index (Phi) is 6.17. The number of rotatable bonds is 6. The van der Waals surface area contributed by atoms with Gasteiger partial charge in [-0.1, -0.05) is 5.92 Å². The first-order chi connectivity index (χ1) is 8.27. The summed E-state index contributed by atoms with van der Waals surface area (Å²) in [5.41, 5.74) is 0.996. The maximum absolute atomic E-state index is 13.4. The fourth-order valence-electron chi connectivity index (χ4n) is 1.28. The van der Waals surface area contributed by atoms with Gasteiger partial charge < -0.3 is 5.32 Å². The standard InChI is InChI=1S/C13H13FN2S/c1-2-6-17-7-5-16-10-12-8-11(9-15)3-4-13(12)14/h1,3-4,8,16H,5-7,10H2. The maximum atomic E-state index is 13.4. The SMILES string of the molecule is C#CCSCCNCc1cc(C#N)ccc1F.